The predicted octanol–water partition coefficient (Wildman–Crippen LogP) is 4.55. The molecule has 1 heterocycles. The van der Waals surface area contributed by atoms with E-state index in [0.29, 0.717) is 17.5 Å². The summed E-state index contributed by atoms with van der Waals surface area (Å²) in [4.78, 5) is 8.18. The van der Waals surface area contributed by atoms with Crippen molar-refractivity contribution < 1.29 is 22.6 Å². The molecule has 0 saturated heterocycles. The number of aryl methyl sites for hydroxylation is 2. The fourth-order valence-electron chi connectivity index (χ4n) is 1.61. The van der Waals surface area contributed by atoms with Crippen molar-refractivity contribution in [1.29, 1.82) is 0 Å². The molecule has 2 aromatic rings. The van der Waals surface area contributed by atoms with Crippen LogP contribution < -0.4 is 9.47 Å². The van der Waals surface area contributed by atoms with Crippen molar-refractivity contribution >= 4 is 15.9 Å². The first kappa shape index (κ1) is 15.6. The van der Waals surface area contributed by atoms with Gasteiger partial charge in [0.1, 0.15) is 17.3 Å². The number of halogens is 4. The lowest BCUT2D eigenvalue weighted by Crippen LogP contribution is -2.17. The summed E-state index contributed by atoms with van der Waals surface area (Å²) < 4.78 is 46.0. The Balaban J connectivity index is 2.20. The molecule has 0 radical (unpaired) electrons. The second-order valence-electron chi connectivity index (χ2n) is 4.14. The first-order chi connectivity index (χ1) is 9.73. The van der Waals surface area contributed by atoms with Gasteiger partial charge in [-0.1, -0.05) is 0 Å². The molecular weight excluding hydrogens is 353 g/mol. The summed E-state index contributed by atoms with van der Waals surface area (Å²) in [6, 6.07) is 5.52. The van der Waals surface area contributed by atoms with E-state index in [1.54, 1.807) is 19.9 Å². The highest BCUT2D eigenvalue weighted by molar-refractivity contribution is 9.10. The standard InChI is InChI=1S/C13H10BrF3N2O2/c1-7-5-12(19-8(2)18-7)20-9-3-4-11(10(14)6-9)21-13(15,16)17/h3-6H,1-2H3. The predicted molar refractivity (Wildman–Crippen MR) is 72.4 cm³/mol. The summed E-state index contributed by atoms with van der Waals surface area (Å²) in [5.41, 5.74) is 0.730. The lowest BCUT2D eigenvalue weighted by atomic mass is 10.3. The van der Waals surface area contributed by atoms with Crippen molar-refractivity contribution in [2.45, 2.75) is 20.2 Å². The molecule has 0 amide bonds. The van der Waals surface area contributed by atoms with Crippen LogP contribution in [0.2, 0.25) is 0 Å². The van der Waals surface area contributed by atoms with Gasteiger partial charge in [0, 0.05) is 11.8 Å². The molecule has 0 aliphatic rings. The summed E-state index contributed by atoms with van der Waals surface area (Å²) >= 11 is 3.00. The van der Waals surface area contributed by atoms with E-state index < -0.39 is 6.36 Å². The third kappa shape index (κ3) is 4.59. The van der Waals surface area contributed by atoms with Crippen molar-refractivity contribution in [3.05, 3.63) is 40.3 Å². The van der Waals surface area contributed by atoms with Gasteiger partial charge in [-0.3, -0.25) is 0 Å². The highest BCUT2D eigenvalue weighted by Gasteiger charge is 2.32. The lowest BCUT2D eigenvalue weighted by molar-refractivity contribution is -0.274. The monoisotopic (exact) mass is 362 g/mol. The van der Waals surface area contributed by atoms with Crippen molar-refractivity contribution in [2.24, 2.45) is 0 Å². The van der Waals surface area contributed by atoms with E-state index in [0.717, 1.165) is 11.8 Å². The van der Waals surface area contributed by atoms with Crippen LogP contribution in [-0.2, 0) is 0 Å². The molecule has 112 valence electrons. The lowest BCUT2D eigenvalue weighted by Gasteiger charge is -2.12. The number of ether oxygens (including phenoxy) is 2. The Morgan fingerprint density at radius 1 is 1.10 bits per heavy atom. The van der Waals surface area contributed by atoms with E-state index in [1.807, 2.05) is 0 Å². The molecular formula is C13H10BrF3N2O2. The van der Waals surface area contributed by atoms with Gasteiger partial charge in [0.05, 0.1) is 4.47 Å². The van der Waals surface area contributed by atoms with Crippen LogP contribution in [0.1, 0.15) is 11.5 Å². The zero-order chi connectivity index (χ0) is 15.6. The first-order valence-corrected chi connectivity index (χ1v) is 6.58. The fraction of sp³-hybridized carbons (Fsp3) is 0.231. The molecule has 0 fully saturated rings. The molecule has 1 aromatic heterocycles. The van der Waals surface area contributed by atoms with Crippen LogP contribution in [0.5, 0.6) is 17.4 Å². The van der Waals surface area contributed by atoms with Gasteiger partial charge in [-0.05, 0) is 48.0 Å². The molecule has 0 saturated carbocycles. The second-order valence-corrected chi connectivity index (χ2v) is 4.99. The van der Waals surface area contributed by atoms with Gasteiger partial charge in [0.25, 0.3) is 0 Å². The van der Waals surface area contributed by atoms with Crippen LogP contribution in [0.15, 0.2) is 28.7 Å². The van der Waals surface area contributed by atoms with Gasteiger partial charge >= 0.3 is 6.36 Å². The smallest absolute Gasteiger partial charge is 0.439 e. The summed E-state index contributed by atoms with van der Waals surface area (Å²) in [5.74, 6) is 0.844. The third-order valence-corrected chi connectivity index (χ3v) is 2.91. The summed E-state index contributed by atoms with van der Waals surface area (Å²) in [7, 11) is 0. The summed E-state index contributed by atoms with van der Waals surface area (Å²) in [5, 5.41) is 0. The maximum Gasteiger partial charge on any atom is 0.573 e. The third-order valence-electron chi connectivity index (χ3n) is 2.29. The molecule has 0 atom stereocenters. The highest BCUT2D eigenvalue weighted by Crippen LogP contribution is 2.34. The zero-order valence-electron chi connectivity index (χ0n) is 11.0. The molecule has 4 nitrogen and oxygen atoms in total. The number of alkyl halides is 3. The number of hydrogen-bond donors (Lipinski definition) is 0. The average molecular weight is 363 g/mol. The molecule has 0 aliphatic carbocycles. The van der Waals surface area contributed by atoms with Crippen LogP contribution in [0.25, 0.3) is 0 Å². The largest absolute Gasteiger partial charge is 0.573 e. The van der Waals surface area contributed by atoms with Crippen molar-refractivity contribution in [2.75, 3.05) is 0 Å². The Morgan fingerprint density at radius 2 is 1.81 bits per heavy atom. The van der Waals surface area contributed by atoms with Gasteiger partial charge in [0.15, 0.2) is 0 Å². The van der Waals surface area contributed by atoms with Gasteiger partial charge in [-0.2, -0.15) is 4.98 Å². The zero-order valence-corrected chi connectivity index (χ0v) is 12.6. The molecule has 0 aliphatic heterocycles. The van der Waals surface area contributed by atoms with Crippen molar-refractivity contribution in [3.63, 3.8) is 0 Å². The number of benzene rings is 1. The van der Waals surface area contributed by atoms with E-state index >= 15 is 0 Å². The topological polar surface area (TPSA) is 44.2 Å². The van der Waals surface area contributed by atoms with Crippen LogP contribution in [0.3, 0.4) is 0 Å². The highest BCUT2D eigenvalue weighted by atomic mass is 79.9. The quantitative estimate of drug-likeness (QED) is 0.803. The van der Waals surface area contributed by atoms with Crippen LogP contribution >= 0.6 is 15.9 Å². The summed E-state index contributed by atoms with van der Waals surface area (Å²) in [6.07, 6.45) is -4.74. The maximum absolute atomic E-state index is 12.2. The maximum atomic E-state index is 12.2. The molecule has 21 heavy (non-hydrogen) atoms. The number of nitrogens with zero attached hydrogens (tertiary/aromatic N) is 2. The number of rotatable bonds is 3. The Hall–Kier alpha value is -1.83. The molecule has 2 rings (SSSR count). The minimum Gasteiger partial charge on any atom is -0.439 e. The van der Waals surface area contributed by atoms with Crippen LogP contribution in [-0.4, -0.2) is 16.3 Å². The average Bonchev–Trinajstić information content (AvgIpc) is 2.30. The van der Waals surface area contributed by atoms with Gasteiger partial charge in [-0.15, -0.1) is 13.2 Å². The van der Waals surface area contributed by atoms with E-state index in [2.05, 4.69) is 30.6 Å². The molecule has 8 heteroatoms. The fourth-order valence-corrected chi connectivity index (χ4v) is 2.05. The minimum absolute atomic E-state index is 0.125. The second kappa shape index (κ2) is 5.88. The number of hydrogen-bond acceptors (Lipinski definition) is 4. The molecule has 0 bridgehead atoms. The minimum atomic E-state index is -4.74. The molecule has 0 spiro atoms. The molecule has 0 unspecified atom stereocenters. The van der Waals surface area contributed by atoms with E-state index in [4.69, 9.17) is 4.74 Å². The van der Waals surface area contributed by atoms with Gasteiger partial charge < -0.3 is 9.47 Å². The van der Waals surface area contributed by atoms with Crippen LogP contribution in [0, 0.1) is 13.8 Å². The molecule has 0 N–H and O–H groups in total. The first-order valence-electron chi connectivity index (χ1n) is 5.78. The van der Waals surface area contributed by atoms with E-state index in [9.17, 15) is 13.2 Å². The Labute approximate surface area is 127 Å². The Bertz CT molecular complexity index is 642. The van der Waals surface area contributed by atoms with E-state index in [-0.39, 0.29) is 10.2 Å². The van der Waals surface area contributed by atoms with Crippen molar-refractivity contribution in [3.8, 4) is 17.4 Å². The normalized spacial score (nSPS) is 11.3. The SMILES string of the molecule is Cc1cc(Oc2ccc(OC(F)(F)F)c(Br)c2)nc(C)n1. The molecule has 1 aromatic carbocycles. The van der Waals surface area contributed by atoms with Crippen LogP contribution in [0.4, 0.5) is 13.2 Å². The van der Waals surface area contributed by atoms with Crippen molar-refractivity contribution in [1.82, 2.24) is 9.97 Å². The Morgan fingerprint density at radius 3 is 2.38 bits per heavy atom. The Kier molecular flexibility index (Phi) is 4.36. The number of aromatic nitrogens is 2. The summed E-state index contributed by atoms with van der Waals surface area (Å²) in [6.45, 7) is 3.51. The van der Waals surface area contributed by atoms with Gasteiger partial charge in [-0.25, -0.2) is 4.98 Å². The van der Waals surface area contributed by atoms with E-state index in [1.165, 1.54) is 12.1 Å². The van der Waals surface area contributed by atoms with Gasteiger partial charge in [0.2, 0.25) is 5.88 Å².